The van der Waals surface area contributed by atoms with Crippen LogP contribution in [0, 0.1) is 0 Å². The summed E-state index contributed by atoms with van der Waals surface area (Å²) in [6.07, 6.45) is -2.61. The van der Waals surface area contributed by atoms with Gasteiger partial charge in [0.05, 0.1) is 0 Å². The molecule has 0 amide bonds. The predicted molar refractivity (Wildman–Crippen MR) is 58.1 cm³/mol. The van der Waals surface area contributed by atoms with Crippen LogP contribution in [-0.2, 0) is 20.1 Å². The molecule has 16 heavy (non-hydrogen) atoms. The molecule has 0 radical (unpaired) electrons. The summed E-state index contributed by atoms with van der Waals surface area (Å²) in [6.45, 7) is 0. The van der Waals surface area contributed by atoms with Gasteiger partial charge in [-0.1, -0.05) is 30.3 Å². The van der Waals surface area contributed by atoms with Crippen molar-refractivity contribution >= 4 is 25.0 Å². The summed E-state index contributed by atoms with van der Waals surface area (Å²) in [5.74, 6) is -0.838. The summed E-state index contributed by atoms with van der Waals surface area (Å²) in [5.41, 5.74) is 0.771. The fraction of sp³-hybridized carbons (Fsp3) is 0.200. The third kappa shape index (κ3) is 3.82. The van der Waals surface area contributed by atoms with Crippen molar-refractivity contribution in [2.75, 3.05) is 0 Å². The highest BCUT2D eigenvalue weighted by Gasteiger charge is 2.24. The van der Waals surface area contributed by atoms with Crippen molar-refractivity contribution in [2.24, 2.45) is 0 Å². The van der Waals surface area contributed by atoms with Gasteiger partial charge in [0.25, 0.3) is 0 Å². The smallest absolute Gasteiger partial charge is 0.450 e. The van der Waals surface area contributed by atoms with Crippen LogP contribution in [0.5, 0.6) is 0 Å². The standard InChI is InChI=1S/C10H10O5S/c11-9(15-16)8(14-10(12)13)6-7-4-2-1-3-5-7/h1-5,8,16H,6H2,(H,12,13). The number of carboxylic acid groups (broad SMARTS) is 1. The largest absolute Gasteiger partial charge is 0.506 e. The summed E-state index contributed by atoms with van der Waals surface area (Å²) >= 11 is 3.32. The first kappa shape index (κ1) is 12.4. The Morgan fingerprint density at radius 3 is 2.44 bits per heavy atom. The molecule has 5 nitrogen and oxygen atoms in total. The Morgan fingerprint density at radius 1 is 1.31 bits per heavy atom. The minimum atomic E-state index is -1.53. The maximum absolute atomic E-state index is 11.2. The molecule has 0 fully saturated rings. The van der Waals surface area contributed by atoms with E-state index in [1.807, 2.05) is 6.07 Å². The fourth-order valence-electron chi connectivity index (χ4n) is 1.18. The molecule has 0 bridgehead atoms. The van der Waals surface area contributed by atoms with E-state index in [2.05, 4.69) is 21.8 Å². The second kappa shape index (κ2) is 6.02. The number of ether oxygens (including phenoxy) is 1. The Balaban J connectivity index is 2.70. The molecule has 0 saturated heterocycles. The van der Waals surface area contributed by atoms with Gasteiger partial charge in [-0.3, -0.25) is 0 Å². The first-order valence-electron chi connectivity index (χ1n) is 4.42. The molecule has 0 aliphatic carbocycles. The molecule has 1 atom stereocenters. The van der Waals surface area contributed by atoms with Gasteiger partial charge in [0, 0.05) is 19.3 Å². The van der Waals surface area contributed by atoms with Crippen LogP contribution in [0.2, 0.25) is 0 Å². The average Bonchev–Trinajstić information content (AvgIpc) is 2.28. The van der Waals surface area contributed by atoms with Crippen molar-refractivity contribution in [3.8, 4) is 0 Å². The second-order valence-corrected chi connectivity index (χ2v) is 3.16. The van der Waals surface area contributed by atoms with Crippen LogP contribution in [0.15, 0.2) is 30.3 Å². The van der Waals surface area contributed by atoms with Crippen molar-refractivity contribution in [3.05, 3.63) is 35.9 Å². The molecule has 86 valence electrons. The lowest BCUT2D eigenvalue weighted by molar-refractivity contribution is -0.143. The lowest BCUT2D eigenvalue weighted by atomic mass is 10.1. The highest BCUT2D eigenvalue weighted by Crippen LogP contribution is 2.08. The van der Waals surface area contributed by atoms with Crippen LogP contribution in [0.1, 0.15) is 5.56 Å². The first-order valence-corrected chi connectivity index (χ1v) is 4.78. The van der Waals surface area contributed by atoms with Gasteiger partial charge < -0.3 is 14.0 Å². The Hall–Kier alpha value is -1.69. The lowest BCUT2D eigenvalue weighted by Gasteiger charge is -2.12. The SMILES string of the molecule is O=C(O)OC(Cc1ccccc1)C(=O)OS. The first-order chi connectivity index (χ1) is 7.63. The van der Waals surface area contributed by atoms with E-state index >= 15 is 0 Å². The number of carbonyl (C=O) groups excluding carboxylic acids is 1. The van der Waals surface area contributed by atoms with Gasteiger partial charge in [-0.15, -0.1) is 0 Å². The van der Waals surface area contributed by atoms with Gasteiger partial charge in [-0.05, 0) is 5.56 Å². The number of hydrogen-bond donors (Lipinski definition) is 2. The monoisotopic (exact) mass is 242 g/mol. The molecule has 1 rings (SSSR count). The van der Waals surface area contributed by atoms with Crippen molar-refractivity contribution in [3.63, 3.8) is 0 Å². The number of benzene rings is 1. The molecule has 0 aromatic heterocycles. The predicted octanol–water partition coefficient (Wildman–Crippen LogP) is 1.68. The van der Waals surface area contributed by atoms with E-state index in [4.69, 9.17) is 5.11 Å². The van der Waals surface area contributed by atoms with Gasteiger partial charge in [0.2, 0.25) is 6.10 Å². The van der Waals surface area contributed by atoms with E-state index in [9.17, 15) is 9.59 Å². The van der Waals surface area contributed by atoms with E-state index in [1.165, 1.54) is 0 Å². The highest BCUT2D eigenvalue weighted by molar-refractivity contribution is 7.75. The van der Waals surface area contributed by atoms with Crippen LogP contribution in [0.3, 0.4) is 0 Å². The van der Waals surface area contributed by atoms with Crippen molar-refractivity contribution in [2.45, 2.75) is 12.5 Å². The molecule has 6 heteroatoms. The summed E-state index contributed by atoms with van der Waals surface area (Å²) in [4.78, 5) is 21.5. The van der Waals surface area contributed by atoms with Gasteiger partial charge >= 0.3 is 12.1 Å². The molecule has 1 aromatic carbocycles. The van der Waals surface area contributed by atoms with Crippen LogP contribution in [-0.4, -0.2) is 23.3 Å². The van der Waals surface area contributed by atoms with E-state index in [0.29, 0.717) is 0 Å². The second-order valence-electron chi connectivity index (χ2n) is 2.97. The maximum Gasteiger partial charge on any atom is 0.506 e. The molecule has 1 unspecified atom stereocenters. The van der Waals surface area contributed by atoms with Crippen LogP contribution in [0.25, 0.3) is 0 Å². The topological polar surface area (TPSA) is 72.8 Å². The molecule has 0 aliphatic rings. The molecular formula is C10H10O5S. The fourth-order valence-corrected chi connectivity index (χ4v) is 1.30. The Bertz CT molecular complexity index is 365. The molecule has 0 heterocycles. The van der Waals surface area contributed by atoms with Gasteiger partial charge in [-0.25, -0.2) is 9.59 Å². The summed E-state index contributed by atoms with van der Waals surface area (Å²) in [7, 11) is 0. The number of carbonyl (C=O) groups is 2. The minimum absolute atomic E-state index is 0.118. The molecule has 1 aromatic rings. The quantitative estimate of drug-likeness (QED) is 0.477. The van der Waals surface area contributed by atoms with Crippen LogP contribution < -0.4 is 0 Å². The average molecular weight is 242 g/mol. The molecule has 1 N–H and O–H groups in total. The van der Waals surface area contributed by atoms with E-state index in [0.717, 1.165) is 5.56 Å². The maximum atomic E-state index is 11.2. The molecule has 0 saturated carbocycles. The molecule has 0 spiro atoms. The van der Waals surface area contributed by atoms with Gasteiger partial charge in [0.15, 0.2) is 0 Å². The van der Waals surface area contributed by atoms with Crippen LogP contribution in [0.4, 0.5) is 4.79 Å². The summed E-state index contributed by atoms with van der Waals surface area (Å²) < 4.78 is 8.55. The van der Waals surface area contributed by atoms with Gasteiger partial charge in [0.1, 0.15) is 0 Å². The Morgan fingerprint density at radius 2 is 1.94 bits per heavy atom. The minimum Gasteiger partial charge on any atom is -0.450 e. The highest BCUT2D eigenvalue weighted by atomic mass is 32.1. The Labute approximate surface area is 97.6 Å². The van der Waals surface area contributed by atoms with Crippen molar-refractivity contribution in [1.82, 2.24) is 0 Å². The summed E-state index contributed by atoms with van der Waals surface area (Å²) in [6, 6.07) is 8.87. The number of rotatable bonds is 4. The molecular weight excluding hydrogens is 232 g/mol. The number of thiol groups is 1. The zero-order valence-electron chi connectivity index (χ0n) is 8.20. The van der Waals surface area contributed by atoms with Crippen LogP contribution >= 0.6 is 12.9 Å². The Kier molecular flexibility index (Phi) is 4.65. The van der Waals surface area contributed by atoms with Crippen molar-refractivity contribution in [1.29, 1.82) is 0 Å². The third-order valence-corrected chi connectivity index (χ3v) is 2.04. The zero-order chi connectivity index (χ0) is 12.0. The van der Waals surface area contributed by atoms with Gasteiger partial charge in [-0.2, -0.15) is 0 Å². The molecule has 0 aliphatic heterocycles. The normalized spacial score (nSPS) is 11.6. The third-order valence-electron chi connectivity index (χ3n) is 1.86. The van der Waals surface area contributed by atoms with E-state index in [1.54, 1.807) is 24.3 Å². The lowest BCUT2D eigenvalue weighted by Crippen LogP contribution is -2.29. The van der Waals surface area contributed by atoms with Crippen molar-refractivity contribution < 1.29 is 23.6 Å². The van der Waals surface area contributed by atoms with E-state index < -0.39 is 18.2 Å². The van der Waals surface area contributed by atoms with E-state index in [-0.39, 0.29) is 6.42 Å². The summed E-state index contributed by atoms with van der Waals surface area (Å²) in [5, 5.41) is 8.45. The number of hydrogen-bond acceptors (Lipinski definition) is 5. The zero-order valence-corrected chi connectivity index (χ0v) is 9.09.